The van der Waals surface area contributed by atoms with Crippen molar-refractivity contribution >= 4 is 33.3 Å². The Morgan fingerprint density at radius 2 is 2.06 bits per heavy atom. The van der Waals surface area contributed by atoms with E-state index < -0.39 is 0 Å². The first kappa shape index (κ1) is 20.4. The summed E-state index contributed by atoms with van der Waals surface area (Å²) in [6.07, 6.45) is 7.53. The number of nitrogens with zero attached hydrogens (tertiary/aromatic N) is 3. The molecule has 2 aliphatic carbocycles. The lowest BCUT2D eigenvalue weighted by molar-refractivity contribution is -0.122. The number of carbonyl (C=O) groups excluding carboxylic acids is 1. The van der Waals surface area contributed by atoms with Crippen LogP contribution in [0.1, 0.15) is 39.0 Å². The zero-order valence-corrected chi connectivity index (χ0v) is 19.1. The predicted molar refractivity (Wildman–Crippen MR) is 127 cm³/mol. The Balaban J connectivity index is 1.22. The molecule has 2 fully saturated rings. The topological polar surface area (TPSA) is 58.1 Å². The molecule has 0 aliphatic heterocycles. The minimum Gasteiger partial charge on any atom is -0.359 e. The van der Waals surface area contributed by atoms with Crippen molar-refractivity contribution in [2.45, 2.75) is 45.1 Å². The van der Waals surface area contributed by atoms with E-state index in [0.717, 1.165) is 27.9 Å². The van der Waals surface area contributed by atoms with E-state index >= 15 is 0 Å². The van der Waals surface area contributed by atoms with Gasteiger partial charge in [0.15, 0.2) is 0 Å². The van der Waals surface area contributed by atoms with Crippen molar-refractivity contribution < 1.29 is 4.79 Å². The Morgan fingerprint density at radius 1 is 1.23 bits per heavy atom. The van der Waals surface area contributed by atoms with Crippen molar-refractivity contribution in [3.8, 4) is 10.4 Å². The summed E-state index contributed by atoms with van der Waals surface area (Å²) < 4.78 is 0. The van der Waals surface area contributed by atoms with Gasteiger partial charge in [0.1, 0.15) is 17.0 Å². The van der Waals surface area contributed by atoms with E-state index in [0.29, 0.717) is 18.9 Å². The summed E-state index contributed by atoms with van der Waals surface area (Å²) in [5.41, 5.74) is 1.19. The highest BCUT2D eigenvalue weighted by molar-refractivity contribution is 7.21. The normalized spacial score (nSPS) is 23.2. The Morgan fingerprint density at radius 3 is 2.81 bits per heavy atom. The average Bonchev–Trinajstić information content (AvgIpc) is 3.53. The van der Waals surface area contributed by atoms with Crippen molar-refractivity contribution in [2.75, 3.05) is 18.5 Å². The molecule has 1 aromatic carbocycles. The van der Waals surface area contributed by atoms with Crippen molar-refractivity contribution in [3.05, 3.63) is 42.7 Å². The third-order valence-corrected chi connectivity index (χ3v) is 8.32. The van der Waals surface area contributed by atoms with Crippen LogP contribution in [0.25, 0.3) is 20.7 Å². The van der Waals surface area contributed by atoms with Gasteiger partial charge in [-0.05, 0) is 55.6 Å². The third-order valence-electron chi connectivity index (χ3n) is 7.23. The third kappa shape index (κ3) is 4.18. The van der Waals surface area contributed by atoms with E-state index in [1.165, 1.54) is 36.1 Å². The minimum absolute atomic E-state index is 0.141. The molecule has 4 unspecified atom stereocenters. The fourth-order valence-electron chi connectivity index (χ4n) is 5.61. The van der Waals surface area contributed by atoms with Crippen LogP contribution in [0.5, 0.6) is 0 Å². The molecule has 5 rings (SSSR count). The maximum atomic E-state index is 12.6. The molecule has 0 radical (unpaired) electrons. The van der Waals surface area contributed by atoms with E-state index in [-0.39, 0.29) is 11.9 Å². The lowest BCUT2D eigenvalue weighted by Gasteiger charge is -2.28. The number of carbonyl (C=O) groups is 1. The molecule has 162 valence electrons. The zero-order valence-electron chi connectivity index (χ0n) is 18.3. The van der Waals surface area contributed by atoms with Crippen LogP contribution in [-0.2, 0) is 4.79 Å². The zero-order chi connectivity index (χ0) is 21.4. The second kappa shape index (κ2) is 8.58. The maximum absolute atomic E-state index is 12.6. The molecule has 2 aromatic heterocycles. The Bertz CT molecular complexity index is 1070. The molecule has 31 heavy (non-hydrogen) atoms. The lowest BCUT2D eigenvalue weighted by Crippen LogP contribution is -2.41. The molecule has 6 heteroatoms. The van der Waals surface area contributed by atoms with Crippen LogP contribution in [-0.4, -0.2) is 35.5 Å². The van der Waals surface area contributed by atoms with Crippen LogP contribution >= 0.6 is 11.3 Å². The summed E-state index contributed by atoms with van der Waals surface area (Å²) in [5.74, 6) is 3.44. The summed E-state index contributed by atoms with van der Waals surface area (Å²) in [4.78, 5) is 25.9. The van der Waals surface area contributed by atoms with Gasteiger partial charge >= 0.3 is 0 Å². The fraction of sp³-hybridized carbons (Fsp3) is 0.480. The smallest absolute Gasteiger partial charge is 0.221 e. The first-order chi connectivity index (χ1) is 15.1. The molecule has 2 aliphatic rings. The first-order valence-corrected chi connectivity index (χ1v) is 12.2. The highest BCUT2D eigenvalue weighted by Crippen LogP contribution is 2.49. The second-order valence-electron chi connectivity index (χ2n) is 9.26. The molecule has 2 heterocycles. The number of rotatable bonds is 7. The highest BCUT2D eigenvalue weighted by Gasteiger charge is 2.42. The molecule has 5 nitrogen and oxygen atoms in total. The molecule has 1 amide bonds. The van der Waals surface area contributed by atoms with Crippen LogP contribution in [0.2, 0.25) is 0 Å². The van der Waals surface area contributed by atoms with E-state index in [9.17, 15) is 4.79 Å². The summed E-state index contributed by atoms with van der Waals surface area (Å²) in [5, 5.41) is 4.33. The van der Waals surface area contributed by atoms with Gasteiger partial charge in [0.25, 0.3) is 0 Å². The van der Waals surface area contributed by atoms with Crippen LogP contribution in [0.3, 0.4) is 0 Å². The van der Waals surface area contributed by atoms with Gasteiger partial charge < -0.3 is 10.2 Å². The molecule has 0 spiro atoms. The largest absolute Gasteiger partial charge is 0.359 e. The number of anilines is 1. The van der Waals surface area contributed by atoms with Gasteiger partial charge in [0.2, 0.25) is 5.91 Å². The Hall–Kier alpha value is -2.47. The van der Waals surface area contributed by atoms with E-state index in [1.807, 2.05) is 13.1 Å². The molecule has 0 saturated heterocycles. The van der Waals surface area contributed by atoms with Gasteiger partial charge in [-0.2, -0.15) is 0 Å². The van der Waals surface area contributed by atoms with Gasteiger partial charge in [0.05, 0.1) is 5.39 Å². The Labute approximate surface area is 187 Å². The minimum atomic E-state index is 0.141. The number of fused-ring (bicyclic) bond motifs is 3. The van der Waals surface area contributed by atoms with Crippen molar-refractivity contribution in [1.82, 2.24) is 15.3 Å². The van der Waals surface area contributed by atoms with Crippen molar-refractivity contribution in [1.29, 1.82) is 0 Å². The van der Waals surface area contributed by atoms with Gasteiger partial charge in [-0.15, -0.1) is 11.3 Å². The highest BCUT2D eigenvalue weighted by atomic mass is 32.1. The molecule has 3 aromatic rings. The lowest BCUT2D eigenvalue weighted by atomic mass is 9.84. The summed E-state index contributed by atoms with van der Waals surface area (Å²) in [6, 6.07) is 12.8. The van der Waals surface area contributed by atoms with Gasteiger partial charge in [-0.25, -0.2) is 9.97 Å². The average molecular weight is 435 g/mol. The molecule has 1 N–H and O–H groups in total. The maximum Gasteiger partial charge on any atom is 0.221 e. The quantitative estimate of drug-likeness (QED) is 0.560. The van der Waals surface area contributed by atoms with Crippen molar-refractivity contribution in [2.24, 2.45) is 17.8 Å². The fourth-order valence-corrected chi connectivity index (χ4v) is 6.61. The van der Waals surface area contributed by atoms with E-state index in [1.54, 1.807) is 17.7 Å². The molecule has 2 saturated carbocycles. The summed E-state index contributed by atoms with van der Waals surface area (Å²) in [7, 11) is 2.01. The number of hydrogen-bond acceptors (Lipinski definition) is 5. The second-order valence-corrected chi connectivity index (χ2v) is 10.3. The number of nitrogens with one attached hydrogen (secondary N) is 1. The molecular formula is C25H30N4OS. The first-order valence-electron chi connectivity index (χ1n) is 11.4. The molecule has 2 bridgehead atoms. The summed E-state index contributed by atoms with van der Waals surface area (Å²) in [6.45, 7) is 2.83. The van der Waals surface area contributed by atoms with Crippen LogP contribution in [0.4, 0.5) is 5.82 Å². The monoisotopic (exact) mass is 434 g/mol. The SMILES string of the molecule is CC(NC(=O)CCN(C)c1ncnc2sc(-c3ccccc3)cc12)C1CC2CCC1C2. The number of amides is 1. The molecule has 4 atom stereocenters. The van der Waals surface area contributed by atoms with Crippen LogP contribution < -0.4 is 10.2 Å². The Kier molecular flexibility index (Phi) is 5.65. The predicted octanol–water partition coefficient (Wildman–Crippen LogP) is 5.13. The summed E-state index contributed by atoms with van der Waals surface area (Å²) >= 11 is 1.68. The number of thiophene rings is 1. The van der Waals surface area contributed by atoms with Crippen molar-refractivity contribution in [3.63, 3.8) is 0 Å². The van der Waals surface area contributed by atoms with Crippen LogP contribution in [0.15, 0.2) is 42.7 Å². The number of hydrogen-bond donors (Lipinski definition) is 1. The van der Waals surface area contributed by atoms with Gasteiger partial charge in [-0.3, -0.25) is 4.79 Å². The van der Waals surface area contributed by atoms with Gasteiger partial charge in [0, 0.05) is 30.9 Å². The van der Waals surface area contributed by atoms with Crippen LogP contribution in [0, 0.1) is 17.8 Å². The van der Waals surface area contributed by atoms with Gasteiger partial charge in [-0.1, -0.05) is 36.8 Å². The standard InChI is InChI=1S/C25H30N4OS/c1-16(20-13-17-8-9-19(20)12-17)28-23(30)10-11-29(2)24-21-14-22(18-6-4-3-5-7-18)31-25(21)27-15-26-24/h3-7,14-17,19-20H,8-13H2,1-2H3,(H,28,30). The number of aromatic nitrogens is 2. The molecular weight excluding hydrogens is 404 g/mol. The van der Waals surface area contributed by atoms with E-state index in [4.69, 9.17) is 0 Å². The van der Waals surface area contributed by atoms with E-state index in [2.05, 4.69) is 57.4 Å². The number of benzene rings is 1.